The average molecular weight is 671 g/mol. The molecule has 0 saturated carbocycles. The number of carbonyl (C=O) groups excluding carboxylic acids is 2. The second-order valence-electron chi connectivity index (χ2n) is 11.7. The maximum atomic E-state index is 13.0. The molecule has 2 aliphatic heterocycles. The van der Waals surface area contributed by atoms with E-state index in [-0.39, 0.29) is 11.8 Å². The summed E-state index contributed by atoms with van der Waals surface area (Å²) in [6.45, 7) is 0.753. The van der Waals surface area contributed by atoms with Gasteiger partial charge in [0.1, 0.15) is 11.5 Å². The fraction of sp³-hybridized carbons (Fsp3) is 0.158. The largest absolute Gasteiger partial charge is 0.480 e. The number of ether oxygens (including phenoxy) is 2. The molecule has 8 nitrogen and oxygen atoms in total. The number of hydrogen-bond donors (Lipinski definition) is 2. The molecule has 8 rings (SSSR count). The first kappa shape index (κ1) is 30.3. The third-order valence-electron chi connectivity index (χ3n) is 8.65. The van der Waals surface area contributed by atoms with Crippen molar-refractivity contribution < 1.29 is 19.1 Å². The lowest BCUT2D eigenvalue weighted by Gasteiger charge is -2.15. The van der Waals surface area contributed by atoms with Crippen molar-refractivity contribution in [3.8, 4) is 11.5 Å². The Labute approximate surface area is 285 Å². The van der Waals surface area contributed by atoms with E-state index in [9.17, 15) is 9.59 Å². The van der Waals surface area contributed by atoms with Gasteiger partial charge in [-0.15, -0.1) is 0 Å². The Hall–Kier alpha value is -5.06. The van der Waals surface area contributed by atoms with Crippen molar-refractivity contribution in [1.82, 2.24) is 20.6 Å². The number of rotatable bonds is 9. The molecule has 2 amide bonds. The van der Waals surface area contributed by atoms with Gasteiger partial charge in [-0.25, -0.2) is 0 Å². The van der Waals surface area contributed by atoms with E-state index in [1.165, 1.54) is 0 Å². The third-order valence-corrected chi connectivity index (χ3v) is 11.1. The van der Waals surface area contributed by atoms with E-state index in [1.54, 1.807) is 34.0 Å². The van der Waals surface area contributed by atoms with Gasteiger partial charge in [0.2, 0.25) is 0 Å². The summed E-state index contributed by atoms with van der Waals surface area (Å²) in [5, 5.41) is 8.10. The highest BCUT2D eigenvalue weighted by Gasteiger charge is 2.30. The Bertz CT molecular complexity index is 1990. The molecule has 4 aromatic carbocycles. The molecule has 48 heavy (non-hydrogen) atoms. The Balaban J connectivity index is 0.938. The van der Waals surface area contributed by atoms with Crippen LogP contribution in [-0.4, -0.2) is 34.0 Å². The quantitative estimate of drug-likeness (QED) is 0.162. The summed E-state index contributed by atoms with van der Waals surface area (Å²) in [5.41, 5.74) is 5.83. The SMILES string of the molecule is O=C(NCc1ccc(SSc2ccc(CNC(=O)C3Cc4ccccc4O3)c3cccnc23)c2ncccc12)C1Cc2ccccc2O1. The smallest absolute Gasteiger partial charge is 0.261 e. The predicted molar refractivity (Wildman–Crippen MR) is 188 cm³/mol. The van der Waals surface area contributed by atoms with Crippen LogP contribution in [0, 0.1) is 0 Å². The molecule has 2 aromatic heterocycles. The van der Waals surface area contributed by atoms with Gasteiger partial charge in [0, 0.05) is 58.9 Å². The summed E-state index contributed by atoms with van der Waals surface area (Å²) in [4.78, 5) is 37.4. The normalized spacial score (nSPS) is 16.2. The first-order valence-electron chi connectivity index (χ1n) is 15.7. The minimum atomic E-state index is -0.525. The Morgan fingerprint density at radius 2 is 1.06 bits per heavy atom. The second kappa shape index (κ2) is 13.2. The molecule has 0 fully saturated rings. The van der Waals surface area contributed by atoms with Gasteiger partial charge in [0.25, 0.3) is 11.8 Å². The van der Waals surface area contributed by atoms with Crippen LogP contribution in [0.15, 0.2) is 119 Å². The van der Waals surface area contributed by atoms with Crippen LogP contribution in [0.3, 0.4) is 0 Å². The van der Waals surface area contributed by atoms with Gasteiger partial charge in [0.15, 0.2) is 12.2 Å². The number of fused-ring (bicyclic) bond motifs is 4. The summed E-state index contributed by atoms with van der Waals surface area (Å²) in [6, 6.07) is 31.7. The van der Waals surface area contributed by atoms with Crippen LogP contribution in [0.4, 0.5) is 0 Å². The number of nitrogens with zero attached hydrogens (tertiary/aromatic N) is 2. The molecular formula is C38H30N4O4S2. The summed E-state index contributed by atoms with van der Waals surface area (Å²) in [6.07, 6.45) is 3.67. The van der Waals surface area contributed by atoms with E-state index in [4.69, 9.17) is 19.4 Å². The van der Waals surface area contributed by atoms with Gasteiger partial charge >= 0.3 is 0 Å². The lowest BCUT2D eigenvalue weighted by Crippen LogP contribution is -2.37. The molecule has 4 heterocycles. The van der Waals surface area contributed by atoms with Gasteiger partial charge in [0.05, 0.1) is 11.0 Å². The van der Waals surface area contributed by atoms with Crippen LogP contribution in [0.25, 0.3) is 21.8 Å². The highest BCUT2D eigenvalue weighted by Crippen LogP contribution is 2.43. The number of benzene rings is 4. The maximum absolute atomic E-state index is 13.0. The standard InChI is InChI=1S/C38H30N4O4S2/c43-37(31-19-23-7-1-3-11-29(23)45-31)41-21-25-13-15-33(35-27(25)9-5-17-39-35)47-48-34-16-14-26(28-10-6-18-40-36(28)34)22-42-38(44)32-20-24-8-2-4-12-30(24)46-32/h1-18,31-32H,19-22H2,(H,41,43)(H,42,44). The maximum Gasteiger partial charge on any atom is 0.261 e. The Morgan fingerprint density at radius 3 is 1.52 bits per heavy atom. The zero-order valence-corrected chi connectivity index (χ0v) is 27.4. The van der Waals surface area contributed by atoms with Crippen LogP contribution in [-0.2, 0) is 35.5 Å². The van der Waals surface area contributed by atoms with Crippen LogP contribution in [0.5, 0.6) is 11.5 Å². The monoisotopic (exact) mass is 670 g/mol. The summed E-state index contributed by atoms with van der Waals surface area (Å²) < 4.78 is 11.7. The summed E-state index contributed by atoms with van der Waals surface area (Å²) in [7, 11) is 3.24. The number of aromatic nitrogens is 2. The number of nitrogens with one attached hydrogen (secondary N) is 2. The fourth-order valence-corrected chi connectivity index (χ4v) is 8.45. The molecule has 2 unspecified atom stereocenters. The molecule has 0 aliphatic carbocycles. The molecular weight excluding hydrogens is 641 g/mol. The van der Waals surface area contributed by atoms with Gasteiger partial charge in [-0.1, -0.05) is 82.3 Å². The van der Waals surface area contributed by atoms with Gasteiger partial charge in [-0.05, 0) is 58.7 Å². The van der Waals surface area contributed by atoms with Crippen LogP contribution < -0.4 is 20.1 Å². The molecule has 2 aliphatic rings. The lowest BCUT2D eigenvalue weighted by molar-refractivity contribution is -0.128. The second-order valence-corrected chi connectivity index (χ2v) is 13.9. The molecule has 0 spiro atoms. The molecule has 238 valence electrons. The van der Waals surface area contributed by atoms with Crippen molar-refractivity contribution in [3.63, 3.8) is 0 Å². The number of para-hydroxylation sites is 2. The molecule has 10 heteroatoms. The van der Waals surface area contributed by atoms with Crippen LogP contribution >= 0.6 is 21.6 Å². The molecule has 0 radical (unpaired) electrons. The lowest BCUT2D eigenvalue weighted by atomic mass is 10.1. The highest BCUT2D eigenvalue weighted by molar-refractivity contribution is 8.76. The summed E-state index contributed by atoms with van der Waals surface area (Å²) >= 11 is 0. The van der Waals surface area contributed by atoms with E-state index < -0.39 is 12.2 Å². The van der Waals surface area contributed by atoms with Crippen molar-refractivity contribution in [2.75, 3.05) is 0 Å². The van der Waals surface area contributed by atoms with Crippen molar-refractivity contribution in [2.45, 2.75) is 47.9 Å². The van der Waals surface area contributed by atoms with Crippen LogP contribution in [0.2, 0.25) is 0 Å². The minimum absolute atomic E-state index is 0.128. The van der Waals surface area contributed by atoms with Crippen molar-refractivity contribution >= 4 is 55.2 Å². The number of amides is 2. The number of hydrogen-bond acceptors (Lipinski definition) is 8. The zero-order chi connectivity index (χ0) is 32.5. The molecule has 2 N–H and O–H groups in total. The Morgan fingerprint density at radius 1 is 0.604 bits per heavy atom. The fourth-order valence-electron chi connectivity index (χ4n) is 6.19. The average Bonchev–Trinajstić information content (AvgIpc) is 3.78. The van der Waals surface area contributed by atoms with Crippen molar-refractivity contribution in [2.24, 2.45) is 0 Å². The van der Waals surface area contributed by atoms with Crippen molar-refractivity contribution in [3.05, 3.63) is 132 Å². The third kappa shape index (κ3) is 6.05. The van der Waals surface area contributed by atoms with Crippen molar-refractivity contribution in [1.29, 1.82) is 0 Å². The minimum Gasteiger partial charge on any atom is -0.480 e. The topological polar surface area (TPSA) is 102 Å². The van der Waals surface area contributed by atoms with E-state index in [0.29, 0.717) is 25.9 Å². The predicted octanol–water partition coefficient (Wildman–Crippen LogP) is 6.82. The Kier molecular flexibility index (Phi) is 8.34. The van der Waals surface area contributed by atoms with Gasteiger partial charge in [-0.2, -0.15) is 0 Å². The molecule has 0 bridgehead atoms. The molecule has 0 saturated heterocycles. The van der Waals surface area contributed by atoms with Gasteiger partial charge in [-0.3, -0.25) is 19.6 Å². The van der Waals surface area contributed by atoms with Crippen LogP contribution in [0.1, 0.15) is 22.3 Å². The molecule has 6 aromatic rings. The van der Waals surface area contributed by atoms with E-state index in [2.05, 4.69) is 22.8 Å². The first-order chi connectivity index (χ1) is 23.6. The number of carbonyl (C=O) groups is 2. The zero-order valence-electron chi connectivity index (χ0n) is 25.7. The first-order valence-corrected chi connectivity index (χ1v) is 17.9. The van der Waals surface area contributed by atoms with E-state index >= 15 is 0 Å². The molecule has 2 atom stereocenters. The summed E-state index contributed by atoms with van der Waals surface area (Å²) in [5.74, 6) is 1.29. The number of pyridine rings is 2. The van der Waals surface area contributed by atoms with E-state index in [1.807, 2.05) is 84.9 Å². The highest BCUT2D eigenvalue weighted by atomic mass is 33.1. The van der Waals surface area contributed by atoms with Gasteiger partial charge < -0.3 is 20.1 Å². The van der Waals surface area contributed by atoms with E-state index in [0.717, 1.165) is 65.3 Å².